The van der Waals surface area contributed by atoms with Crippen molar-refractivity contribution in [3.63, 3.8) is 0 Å². The van der Waals surface area contributed by atoms with Gasteiger partial charge in [-0.3, -0.25) is 4.79 Å². The summed E-state index contributed by atoms with van der Waals surface area (Å²) in [6.07, 6.45) is 0.296. The Balaban J connectivity index is 2.16. The van der Waals surface area contributed by atoms with E-state index < -0.39 is 11.8 Å². The standard InChI is InChI=1S/C13H13FN2O4S/c1-19-10-3-7(8(14)4-11(10)20-2)9-5-12(16-15-9)21-6-13(17)18/h3-4H,5-6H2,1-2H3,(H,17,18). The van der Waals surface area contributed by atoms with Crippen molar-refractivity contribution in [3.05, 3.63) is 23.5 Å². The largest absolute Gasteiger partial charge is 0.493 e. The van der Waals surface area contributed by atoms with E-state index in [1.54, 1.807) is 0 Å². The third-order valence-corrected chi connectivity index (χ3v) is 3.70. The summed E-state index contributed by atoms with van der Waals surface area (Å²) in [6, 6.07) is 2.71. The number of nitrogens with zero attached hydrogens (tertiary/aromatic N) is 2. The SMILES string of the molecule is COc1cc(F)c(C2=NN=C(SCC(=O)O)C2)cc1OC. The van der Waals surface area contributed by atoms with Gasteiger partial charge in [0.2, 0.25) is 0 Å². The molecule has 1 aliphatic rings. The van der Waals surface area contributed by atoms with E-state index in [0.29, 0.717) is 28.7 Å². The topological polar surface area (TPSA) is 80.5 Å². The molecule has 2 rings (SSSR count). The van der Waals surface area contributed by atoms with Crippen LogP contribution >= 0.6 is 11.8 Å². The smallest absolute Gasteiger partial charge is 0.313 e. The maximum absolute atomic E-state index is 14.1. The first kappa shape index (κ1) is 15.3. The summed E-state index contributed by atoms with van der Waals surface area (Å²) >= 11 is 1.07. The maximum Gasteiger partial charge on any atom is 0.313 e. The molecule has 112 valence electrons. The molecule has 0 aliphatic carbocycles. The maximum atomic E-state index is 14.1. The van der Waals surface area contributed by atoms with Gasteiger partial charge in [-0.05, 0) is 6.07 Å². The predicted octanol–water partition coefficient (Wildman–Crippen LogP) is 2.17. The molecule has 0 saturated carbocycles. The van der Waals surface area contributed by atoms with Gasteiger partial charge in [0.25, 0.3) is 0 Å². The molecule has 1 aromatic rings. The number of rotatable bonds is 5. The lowest BCUT2D eigenvalue weighted by atomic mass is 10.1. The molecule has 0 saturated heterocycles. The van der Waals surface area contributed by atoms with Crippen molar-refractivity contribution < 1.29 is 23.8 Å². The first-order valence-electron chi connectivity index (χ1n) is 5.95. The van der Waals surface area contributed by atoms with Crippen molar-refractivity contribution in [2.45, 2.75) is 6.42 Å². The average molecular weight is 312 g/mol. The molecule has 1 N–H and O–H groups in total. The molecule has 0 atom stereocenters. The van der Waals surface area contributed by atoms with Crippen LogP contribution in [0.4, 0.5) is 4.39 Å². The lowest BCUT2D eigenvalue weighted by molar-refractivity contribution is -0.133. The monoisotopic (exact) mass is 312 g/mol. The summed E-state index contributed by atoms with van der Waals surface area (Å²) in [5.41, 5.74) is 0.698. The molecule has 0 spiro atoms. The van der Waals surface area contributed by atoms with Crippen molar-refractivity contribution in [3.8, 4) is 11.5 Å². The Morgan fingerprint density at radius 1 is 1.33 bits per heavy atom. The minimum atomic E-state index is -0.937. The normalized spacial score (nSPS) is 13.7. The number of carboxylic acids is 1. The highest BCUT2D eigenvalue weighted by molar-refractivity contribution is 8.14. The number of halogens is 1. The number of ether oxygens (including phenoxy) is 2. The predicted molar refractivity (Wildman–Crippen MR) is 78.2 cm³/mol. The highest BCUT2D eigenvalue weighted by Gasteiger charge is 2.21. The van der Waals surface area contributed by atoms with Crippen LogP contribution < -0.4 is 9.47 Å². The van der Waals surface area contributed by atoms with Crippen molar-refractivity contribution in [2.24, 2.45) is 10.2 Å². The second-order valence-electron chi connectivity index (χ2n) is 4.09. The van der Waals surface area contributed by atoms with Gasteiger partial charge < -0.3 is 14.6 Å². The lowest BCUT2D eigenvalue weighted by Gasteiger charge is -2.10. The van der Waals surface area contributed by atoms with E-state index in [-0.39, 0.29) is 11.3 Å². The first-order chi connectivity index (χ1) is 10.0. The molecular weight excluding hydrogens is 299 g/mol. The van der Waals surface area contributed by atoms with E-state index in [9.17, 15) is 9.18 Å². The Morgan fingerprint density at radius 2 is 2.00 bits per heavy atom. The summed E-state index contributed by atoms with van der Waals surface area (Å²) in [6.45, 7) is 0. The van der Waals surface area contributed by atoms with Crippen LogP contribution in [0.25, 0.3) is 0 Å². The molecule has 0 unspecified atom stereocenters. The molecule has 1 aliphatic heterocycles. The second kappa shape index (κ2) is 6.57. The number of benzene rings is 1. The third kappa shape index (κ3) is 3.52. The summed E-state index contributed by atoms with van der Waals surface area (Å²) < 4.78 is 24.2. The van der Waals surface area contributed by atoms with E-state index in [2.05, 4.69) is 10.2 Å². The Kier molecular flexibility index (Phi) is 4.79. The number of methoxy groups -OCH3 is 2. The highest BCUT2D eigenvalue weighted by Crippen LogP contribution is 2.31. The molecule has 0 aromatic heterocycles. The van der Waals surface area contributed by atoms with Crippen molar-refractivity contribution in [1.29, 1.82) is 0 Å². The van der Waals surface area contributed by atoms with Gasteiger partial charge in [-0.15, -0.1) is 5.10 Å². The first-order valence-corrected chi connectivity index (χ1v) is 6.93. The molecular formula is C13H13FN2O4S. The van der Waals surface area contributed by atoms with Crippen molar-refractivity contribution in [1.82, 2.24) is 0 Å². The number of carbonyl (C=O) groups is 1. The molecule has 1 heterocycles. The molecule has 8 heteroatoms. The highest BCUT2D eigenvalue weighted by atomic mass is 32.2. The quantitative estimate of drug-likeness (QED) is 0.901. The third-order valence-electron chi connectivity index (χ3n) is 2.75. The molecule has 0 radical (unpaired) electrons. The van der Waals surface area contributed by atoms with Crippen LogP contribution in [0.3, 0.4) is 0 Å². The summed E-state index contributed by atoms with van der Waals surface area (Å²) in [4.78, 5) is 10.5. The van der Waals surface area contributed by atoms with Crippen LogP contribution in [0.15, 0.2) is 22.3 Å². The van der Waals surface area contributed by atoms with Gasteiger partial charge in [0.1, 0.15) is 10.9 Å². The molecule has 6 nitrogen and oxygen atoms in total. The van der Waals surface area contributed by atoms with Gasteiger partial charge in [-0.2, -0.15) is 5.10 Å². The van der Waals surface area contributed by atoms with Gasteiger partial charge in [0.05, 0.1) is 25.7 Å². The Morgan fingerprint density at radius 3 is 2.62 bits per heavy atom. The lowest BCUT2D eigenvalue weighted by Crippen LogP contribution is -2.07. The Bertz CT molecular complexity index is 631. The fourth-order valence-electron chi connectivity index (χ4n) is 1.78. The molecule has 0 bridgehead atoms. The van der Waals surface area contributed by atoms with E-state index in [1.807, 2.05) is 0 Å². The van der Waals surface area contributed by atoms with Crippen LogP contribution in [0.1, 0.15) is 12.0 Å². The van der Waals surface area contributed by atoms with Gasteiger partial charge >= 0.3 is 5.97 Å². The Hall–Kier alpha value is -2.09. The Labute approximate surface area is 124 Å². The van der Waals surface area contributed by atoms with Crippen LogP contribution in [-0.4, -0.2) is 41.8 Å². The summed E-state index contributed by atoms with van der Waals surface area (Å²) in [5, 5.41) is 16.9. The number of hydrogen-bond donors (Lipinski definition) is 1. The van der Waals surface area contributed by atoms with Crippen LogP contribution in [0.5, 0.6) is 11.5 Å². The summed E-state index contributed by atoms with van der Waals surface area (Å²) in [7, 11) is 2.88. The zero-order valence-electron chi connectivity index (χ0n) is 11.4. The van der Waals surface area contributed by atoms with Gasteiger partial charge in [0, 0.05) is 18.1 Å². The van der Waals surface area contributed by atoms with Crippen LogP contribution in [0.2, 0.25) is 0 Å². The van der Waals surface area contributed by atoms with Crippen molar-refractivity contribution >= 4 is 28.5 Å². The molecule has 0 fully saturated rings. The van der Waals surface area contributed by atoms with E-state index in [1.165, 1.54) is 26.4 Å². The van der Waals surface area contributed by atoms with Crippen molar-refractivity contribution in [2.75, 3.05) is 20.0 Å². The molecule has 0 amide bonds. The zero-order valence-corrected chi connectivity index (χ0v) is 12.2. The average Bonchev–Trinajstić information content (AvgIpc) is 2.93. The number of carboxylic acid groups (broad SMARTS) is 1. The van der Waals surface area contributed by atoms with Crippen LogP contribution in [0, 0.1) is 5.82 Å². The van der Waals surface area contributed by atoms with E-state index in [0.717, 1.165) is 11.8 Å². The fraction of sp³-hybridized carbons (Fsp3) is 0.308. The number of aliphatic carboxylic acids is 1. The van der Waals surface area contributed by atoms with Gasteiger partial charge in [-0.1, -0.05) is 11.8 Å². The van der Waals surface area contributed by atoms with Gasteiger partial charge in [-0.25, -0.2) is 4.39 Å². The van der Waals surface area contributed by atoms with E-state index >= 15 is 0 Å². The summed E-state index contributed by atoms with van der Waals surface area (Å²) in [5.74, 6) is -0.850. The number of thioether (sulfide) groups is 1. The van der Waals surface area contributed by atoms with E-state index in [4.69, 9.17) is 14.6 Å². The minimum absolute atomic E-state index is 0.101. The zero-order chi connectivity index (χ0) is 15.4. The molecule has 21 heavy (non-hydrogen) atoms. The van der Waals surface area contributed by atoms with Gasteiger partial charge in [0.15, 0.2) is 11.5 Å². The minimum Gasteiger partial charge on any atom is -0.493 e. The van der Waals surface area contributed by atoms with Crippen LogP contribution in [-0.2, 0) is 4.79 Å². The molecule has 1 aromatic carbocycles. The fourth-order valence-corrected chi connectivity index (χ4v) is 2.41. The second-order valence-corrected chi connectivity index (χ2v) is 5.14. The number of hydrogen-bond acceptors (Lipinski definition) is 6.